The van der Waals surface area contributed by atoms with Gasteiger partial charge in [-0.05, 0) is 53.5 Å². The minimum atomic E-state index is -0.409. The highest BCUT2D eigenvalue weighted by Gasteiger charge is 2.28. The number of aryl methyl sites for hydroxylation is 1. The van der Waals surface area contributed by atoms with E-state index in [0.717, 1.165) is 17.5 Å². The summed E-state index contributed by atoms with van der Waals surface area (Å²) in [6.07, 6.45) is 2.79. The van der Waals surface area contributed by atoms with Crippen LogP contribution in [0, 0.1) is 0 Å². The zero-order valence-corrected chi connectivity index (χ0v) is 17.1. The van der Waals surface area contributed by atoms with E-state index < -0.39 is 5.97 Å². The molecule has 0 N–H and O–H groups in total. The Bertz CT molecular complexity index is 1130. The van der Waals surface area contributed by atoms with Crippen molar-refractivity contribution in [1.29, 1.82) is 0 Å². The number of ether oxygens (including phenoxy) is 2. The molecule has 0 aliphatic carbocycles. The first-order chi connectivity index (χ1) is 14.5. The van der Waals surface area contributed by atoms with Crippen LogP contribution in [-0.2, 0) is 17.6 Å². The van der Waals surface area contributed by atoms with E-state index in [1.165, 1.54) is 5.56 Å². The molecule has 30 heavy (non-hydrogen) atoms. The van der Waals surface area contributed by atoms with Crippen molar-refractivity contribution < 1.29 is 19.1 Å². The lowest BCUT2D eigenvalue weighted by Gasteiger charge is -2.06. The van der Waals surface area contributed by atoms with Crippen LogP contribution in [0.25, 0.3) is 6.08 Å². The first kappa shape index (κ1) is 19.9. The van der Waals surface area contributed by atoms with E-state index >= 15 is 0 Å². The van der Waals surface area contributed by atoms with Crippen LogP contribution in [0.4, 0.5) is 0 Å². The molecule has 150 valence electrons. The second kappa shape index (κ2) is 8.56. The van der Waals surface area contributed by atoms with E-state index in [9.17, 15) is 9.59 Å². The van der Waals surface area contributed by atoms with Crippen molar-refractivity contribution in [3.05, 3.63) is 99.8 Å². The summed E-state index contributed by atoms with van der Waals surface area (Å²) in [6.45, 7) is 2.09. The van der Waals surface area contributed by atoms with E-state index in [0.29, 0.717) is 22.1 Å². The Balaban J connectivity index is 1.46. The third-order valence-electron chi connectivity index (χ3n) is 4.82. The fourth-order valence-corrected chi connectivity index (χ4v) is 3.29. The monoisotopic (exact) mass is 418 g/mol. The topological polar surface area (TPSA) is 52.6 Å². The molecule has 1 aliphatic rings. The molecule has 3 aromatic carbocycles. The van der Waals surface area contributed by atoms with Crippen LogP contribution in [0.15, 0.2) is 72.5 Å². The Hall–Kier alpha value is -3.37. The second-order valence-corrected chi connectivity index (χ2v) is 7.41. The number of allylic oxidation sites excluding steroid dienone is 1. The van der Waals surface area contributed by atoms with Gasteiger partial charge in [0, 0.05) is 11.1 Å². The number of hydrogen-bond acceptors (Lipinski definition) is 4. The molecule has 0 atom stereocenters. The molecule has 4 nitrogen and oxygen atoms in total. The van der Waals surface area contributed by atoms with Crippen molar-refractivity contribution in [2.75, 3.05) is 0 Å². The molecule has 0 amide bonds. The van der Waals surface area contributed by atoms with Crippen LogP contribution in [0.1, 0.15) is 34.0 Å². The molecular weight excluding hydrogens is 400 g/mol. The summed E-state index contributed by atoms with van der Waals surface area (Å²) in [5.74, 6) is 0.359. The third-order valence-corrected chi connectivity index (χ3v) is 5.07. The summed E-state index contributed by atoms with van der Waals surface area (Å²) in [4.78, 5) is 24.8. The molecule has 0 spiro atoms. The first-order valence-electron chi connectivity index (χ1n) is 9.64. The minimum absolute atomic E-state index is 0.118. The maximum Gasteiger partial charge on any atom is 0.315 e. The lowest BCUT2D eigenvalue weighted by atomic mass is 10.1. The molecule has 0 saturated carbocycles. The molecule has 3 aromatic rings. The van der Waals surface area contributed by atoms with Crippen LogP contribution in [-0.4, -0.2) is 11.8 Å². The third kappa shape index (κ3) is 4.44. The van der Waals surface area contributed by atoms with Crippen molar-refractivity contribution in [2.45, 2.75) is 19.8 Å². The van der Waals surface area contributed by atoms with Gasteiger partial charge in [0.05, 0.1) is 12.0 Å². The van der Waals surface area contributed by atoms with Gasteiger partial charge in [-0.15, -0.1) is 0 Å². The van der Waals surface area contributed by atoms with Crippen molar-refractivity contribution in [3.8, 4) is 11.5 Å². The number of fused-ring (bicyclic) bond motifs is 1. The van der Waals surface area contributed by atoms with Crippen molar-refractivity contribution in [1.82, 2.24) is 0 Å². The van der Waals surface area contributed by atoms with E-state index in [2.05, 4.69) is 6.92 Å². The van der Waals surface area contributed by atoms with Gasteiger partial charge < -0.3 is 9.47 Å². The molecule has 0 bridgehead atoms. The standard InChI is InChI=1S/C25H19ClO4/c1-2-16-3-5-17(6-4-16)13-23-25(28)21-12-11-20(15-22(21)30-23)29-24(27)14-18-7-9-19(26)10-8-18/h3-13,15H,2,14H2,1H3/b23-13-. The average Bonchev–Trinajstić information content (AvgIpc) is 3.05. The Kier molecular flexibility index (Phi) is 5.68. The van der Waals surface area contributed by atoms with Gasteiger partial charge >= 0.3 is 5.97 Å². The highest BCUT2D eigenvalue weighted by molar-refractivity contribution is 6.30. The largest absolute Gasteiger partial charge is 0.452 e. The zero-order chi connectivity index (χ0) is 21.1. The SMILES string of the molecule is CCc1ccc(/C=C2\Oc3cc(OC(=O)Cc4ccc(Cl)cc4)ccc3C2=O)cc1. The molecule has 4 rings (SSSR count). The summed E-state index contributed by atoms with van der Waals surface area (Å²) < 4.78 is 11.1. The Morgan fingerprint density at radius 1 is 1.00 bits per heavy atom. The van der Waals surface area contributed by atoms with Gasteiger partial charge in [-0.1, -0.05) is 54.9 Å². The lowest BCUT2D eigenvalue weighted by Crippen LogP contribution is -2.11. The molecule has 0 aromatic heterocycles. The van der Waals surface area contributed by atoms with Gasteiger partial charge in [0.15, 0.2) is 5.76 Å². The Morgan fingerprint density at radius 2 is 1.70 bits per heavy atom. The maximum atomic E-state index is 12.6. The zero-order valence-electron chi connectivity index (χ0n) is 16.4. The quantitative estimate of drug-likeness (QED) is 0.304. The van der Waals surface area contributed by atoms with E-state index in [1.807, 2.05) is 24.3 Å². The smallest absolute Gasteiger partial charge is 0.315 e. The number of Topliss-reactive ketones (excluding diaryl/α,β-unsaturated/α-hetero) is 1. The number of benzene rings is 3. The molecule has 0 fully saturated rings. The number of hydrogen-bond donors (Lipinski definition) is 0. The van der Waals surface area contributed by atoms with Gasteiger partial charge in [0.25, 0.3) is 0 Å². The highest BCUT2D eigenvalue weighted by atomic mass is 35.5. The van der Waals surface area contributed by atoms with Gasteiger partial charge in [-0.3, -0.25) is 9.59 Å². The molecular formula is C25H19ClO4. The van der Waals surface area contributed by atoms with Crippen molar-refractivity contribution in [3.63, 3.8) is 0 Å². The Labute approximate surface area is 179 Å². The number of halogens is 1. The minimum Gasteiger partial charge on any atom is -0.452 e. The van der Waals surface area contributed by atoms with Crippen molar-refractivity contribution in [2.24, 2.45) is 0 Å². The number of ketones is 1. The summed E-state index contributed by atoms with van der Waals surface area (Å²) in [5.41, 5.74) is 3.36. The summed E-state index contributed by atoms with van der Waals surface area (Å²) >= 11 is 5.86. The maximum absolute atomic E-state index is 12.6. The summed E-state index contributed by atoms with van der Waals surface area (Å²) in [6, 6.07) is 19.7. The van der Waals surface area contributed by atoms with Crippen molar-refractivity contribution >= 4 is 29.4 Å². The number of esters is 1. The van der Waals surface area contributed by atoms with E-state index in [-0.39, 0.29) is 18.0 Å². The van der Waals surface area contributed by atoms with Crippen LogP contribution < -0.4 is 9.47 Å². The molecule has 5 heteroatoms. The first-order valence-corrected chi connectivity index (χ1v) is 10.0. The molecule has 0 saturated heterocycles. The molecule has 1 heterocycles. The van der Waals surface area contributed by atoms with Crippen LogP contribution >= 0.6 is 11.6 Å². The predicted octanol–water partition coefficient (Wildman–Crippen LogP) is 5.67. The molecule has 0 radical (unpaired) electrons. The summed E-state index contributed by atoms with van der Waals surface area (Å²) in [5, 5.41) is 0.609. The highest BCUT2D eigenvalue weighted by Crippen LogP contribution is 2.35. The number of carbonyl (C=O) groups excluding carboxylic acids is 2. The number of rotatable bonds is 5. The van der Waals surface area contributed by atoms with Gasteiger partial charge in [0.2, 0.25) is 5.78 Å². The fraction of sp³-hybridized carbons (Fsp3) is 0.120. The second-order valence-electron chi connectivity index (χ2n) is 6.97. The van der Waals surface area contributed by atoms with Crippen LogP contribution in [0.3, 0.4) is 0 Å². The van der Waals surface area contributed by atoms with E-state index in [4.69, 9.17) is 21.1 Å². The molecule has 0 unspecified atom stereocenters. The molecule has 1 aliphatic heterocycles. The summed E-state index contributed by atoms with van der Waals surface area (Å²) in [7, 11) is 0. The fourth-order valence-electron chi connectivity index (χ4n) is 3.17. The normalized spacial score (nSPS) is 13.8. The lowest BCUT2D eigenvalue weighted by molar-refractivity contribution is -0.133. The van der Waals surface area contributed by atoms with Crippen LogP contribution in [0.2, 0.25) is 5.02 Å². The number of carbonyl (C=O) groups is 2. The van der Waals surface area contributed by atoms with Gasteiger partial charge in [0.1, 0.15) is 11.5 Å². The van der Waals surface area contributed by atoms with Gasteiger partial charge in [-0.25, -0.2) is 0 Å². The van der Waals surface area contributed by atoms with Gasteiger partial charge in [-0.2, -0.15) is 0 Å². The van der Waals surface area contributed by atoms with E-state index in [1.54, 1.807) is 48.5 Å². The van der Waals surface area contributed by atoms with Crippen LogP contribution in [0.5, 0.6) is 11.5 Å². The average molecular weight is 419 g/mol. The Morgan fingerprint density at radius 3 is 2.40 bits per heavy atom. The predicted molar refractivity (Wildman–Crippen MR) is 116 cm³/mol.